The molecule has 2 rings (SSSR count). The van der Waals surface area contributed by atoms with E-state index in [0.717, 1.165) is 17.7 Å². The van der Waals surface area contributed by atoms with Crippen LogP contribution in [0.25, 0.3) is 0 Å². The van der Waals surface area contributed by atoms with Gasteiger partial charge in [0.05, 0.1) is 0 Å². The van der Waals surface area contributed by atoms with E-state index in [1.54, 1.807) is 12.1 Å². The van der Waals surface area contributed by atoms with E-state index in [4.69, 9.17) is 12.2 Å². The summed E-state index contributed by atoms with van der Waals surface area (Å²) in [7, 11) is 0. The molecule has 0 fully saturated rings. The van der Waals surface area contributed by atoms with Crippen molar-refractivity contribution in [3.05, 3.63) is 59.7 Å². The number of rotatable bonds is 7. The lowest BCUT2D eigenvalue weighted by Crippen LogP contribution is -2.30. The van der Waals surface area contributed by atoms with Crippen molar-refractivity contribution >= 4 is 23.0 Å². The summed E-state index contributed by atoms with van der Waals surface area (Å²) in [6.45, 7) is 2.15. The molecule has 0 aliphatic carbocycles. The van der Waals surface area contributed by atoms with E-state index in [-0.39, 0.29) is 5.75 Å². The van der Waals surface area contributed by atoms with Crippen molar-refractivity contribution in [2.24, 2.45) is 0 Å². The second-order valence-electron chi connectivity index (χ2n) is 5.93. The Kier molecular flexibility index (Phi) is 7.13. The molecule has 0 heterocycles. The highest BCUT2D eigenvalue weighted by Gasteiger charge is 2.04. The molecular weight excluding hydrogens is 342 g/mol. The monoisotopic (exact) mass is 364 g/mol. The van der Waals surface area contributed by atoms with Gasteiger partial charge in [-0.3, -0.25) is 0 Å². The normalized spacial score (nSPS) is 10.8. The zero-order valence-electron chi connectivity index (χ0n) is 14.3. The Balaban J connectivity index is 1.74. The number of benzene rings is 2. The molecule has 0 amide bonds. The molecule has 0 saturated carbocycles. The van der Waals surface area contributed by atoms with E-state index in [1.165, 1.54) is 17.7 Å². The first kappa shape index (κ1) is 19.1. The molecular formula is C19H22F2N2OS. The van der Waals surface area contributed by atoms with Gasteiger partial charge in [0.2, 0.25) is 0 Å². The van der Waals surface area contributed by atoms with E-state index < -0.39 is 6.61 Å². The zero-order valence-corrected chi connectivity index (χ0v) is 15.1. The Labute approximate surface area is 152 Å². The summed E-state index contributed by atoms with van der Waals surface area (Å²) in [5.74, 6) is 0.658. The van der Waals surface area contributed by atoms with Gasteiger partial charge >= 0.3 is 6.61 Å². The van der Waals surface area contributed by atoms with Crippen molar-refractivity contribution in [2.75, 3.05) is 11.9 Å². The summed E-state index contributed by atoms with van der Waals surface area (Å²) in [5.41, 5.74) is 3.23. The van der Waals surface area contributed by atoms with Crippen molar-refractivity contribution in [3.63, 3.8) is 0 Å². The van der Waals surface area contributed by atoms with Gasteiger partial charge in [-0.15, -0.1) is 0 Å². The molecule has 0 aromatic heterocycles. The number of anilines is 1. The molecule has 2 aromatic rings. The molecule has 3 nitrogen and oxygen atoms in total. The van der Waals surface area contributed by atoms with Crippen LogP contribution < -0.4 is 15.4 Å². The summed E-state index contributed by atoms with van der Waals surface area (Å²) >= 11 is 5.28. The third kappa shape index (κ3) is 6.66. The maximum atomic E-state index is 12.1. The van der Waals surface area contributed by atoms with Crippen LogP contribution in [0.1, 0.15) is 30.9 Å². The number of ether oxygens (including phenoxy) is 1. The first-order valence-corrected chi connectivity index (χ1v) is 8.53. The van der Waals surface area contributed by atoms with E-state index >= 15 is 0 Å². The summed E-state index contributed by atoms with van der Waals surface area (Å²) in [4.78, 5) is 0. The molecule has 0 bridgehead atoms. The average molecular weight is 364 g/mol. The van der Waals surface area contributed by atoms with Crippen molar-refractivity contribution in [2.45, 2.75) is 32.8 Å². The number of hydrogen-bond donors (Lipinski definition) is 2. The Hall–Kier alpha value is -2.21. The first-order valence-electron chi connectivity index (χ1n) is 8.12. The fraction of sp³-hybridized carbons (Fsp3) is 0.316. The standard InChI is InChI=1S/C19H22F2N2OS/c1-13(2)15-5-7-16(8-6-15)23-19(25)22-12-11-14-3-9-17(10-4-14)24-18(20)21/h3-10,13,18H,11-12H2,1-2H3,(H2,22,23,25). The SMILES string of the molecule is CC(C)c1ccc(NC(=S)NCCc2ccc(OC(F)F)cc2)cc1. The minimum Gasteiger partial charge on any atom is -0.435 e. The minimum absolute atomic E-state index is 0.161. The summed E-state index contributed by atoms with van der Waals surface area (Å²) in [6, 6.07) is 14.8. The molecule has 0 unspecified atom stereocenters. The molecule has 0 aliphatic heterocycles. The zero-order chi connectivity index (χ0) is 18.2. The van der Waals surface area contributed by atoms with Gasteiger partial charge in [-0.05, 0) is 59.9 Å². The quantitative estimate of drug-likeness (QED) is 0.682. The predicted octanol–water partition coefficient (Wildman–Crippen LogP) is 4.94. The van der Waals surface area contributed by atoms with Crippen molar-refractivity contribution in [1.82, 2.24) is 5.32 Å². The largest absolute Gasteiger partial charge is 0.435 e. The van der Waals surface area contributed by atoms with Gasteiger partial charge in [-0.2, -0.15) is 8.78 Å². The lowest BCUT2D eigenvalue weighted by Gasteiger charge is -2.12. The van der Waals surface area contributed by atoms with E-state index in [1.807, 2.05) is 12.1 Å². The summed E-state index contributed by atoms with van der Waals surface area (Å²) in [6.07, 6.45) is 0.725. The van der Waals surface area contributed by atoms with Gasteiger partial charge in [0.25, 0.3) is 0 Å². The number of hydrogen-bond acceptors (Lipinski definition) is 2. The van der Waals surface area contributed by atoms with Crippen molar-refractivity contribution in [1.29, 1.82) is 0 Å². The van der Waals surface area contributed by atoms with E-state index in [9.17, 15) is 8.78 Å². The Morgan fingerprint density at radius 2 is 1.68 bits per heavy atom. The fourth-order valence-corrected chi connectivity index (χ4v) is 2.50. The maximum Gasteiger partial charge on any atom is 0.387 e. The summed E-state index contributed by atoms with van der Waals surface area (Å²) < 4.78 is 28.5. The lowest BCUT2D eigenvalue weighted by atomic mass is 10.0. The van der Waals surface area contributed by atoms with Gasteiger partial charge in [0.1, 0.15) is 5.75 Å². The molecule has 25 heavy (non-hydrogen) atoms. The molecule has 2 N–H and O–H groups in total. The number of thiocarbonyl (C=S) groups is 1. The molecule has 0 saturated heterocycles. The van der Waals surface area contributed by atoms with Crippen LogP contribution in [-0.4, -0.2) is 18.3 Å². The van der Waals surface area contributed by atoms with E-state index in [2.05, 4.69) is 41.4 Å². The van der Waals surface area contributed by atoms with Gasteiger partial charge in [0.15, 0.2) is 5.11 Å². The topological polar surface area (TPSA) is 33.3 Å². The van der Waals surface area contributed by atoms with Crippen LogP contribution in [0, 0.1) is 0 Å². The molecule has 134 valence electrons. The highest BCUT2D eigenvalue weighted by atomic mass is 32.1. The van der Waals surface area contributed by atoms with Gasteiger partial charge in [-0.1, -0.05) is 38.1 Å². The van der Waals surface area contributed by atoms with Gasteiger partial charge in [0, 0.05) is 12.2 Å². The fourth-order valence-electron chi connectivity index (χ4n) is 2.28. The predicted molar refractivity (Wildman–Crippen MR) is 102 cm³/mol. The highest BCUT2D eigenvalue weighted by Crippen LogP contribution is 2.17. The van der Waals surface area contributed by atoms with E-state index in [0.29, 0.717) is 17.6 Å². The minimum atomic E-state index is -2.80. The lowest BCUT2D eigenvalue weighted by molar-refractivity contribution is -0.0498. The second-order valence-corrected chi connectivity index (χ2v) is 6.34. The highest BCUT2D eigenvalue weighted by molar-refractivity contribution is 7.80. The van der Waals surface area contributed by atoms with Crippen molar-refractivity contribution < 1.29 is 13.5 Å². The molecule has 0 aliphatic rings. The Bertz CT molecular complexity index is 673. The van der Waals surface area contributed by atoms with Gasteiger partial charge < -0.3 is 15.4 Å². The van der Waals surface area contributed by atoms with Crippen LogP contribution in [-0.2, 0) is 6.42 Å². The molecule has 0 radical (unpaired) electrons. The maximum absolute atomic E-state index is 12.1. The third-order valence-corrected chi connectivity index (χ3v) is 3.93. The smallest absolute Gasteiger partial charge is 0.387 e. The molecule has 6 heteroatoms. The summed E-state index contributed by atoms with van der Waals surface area (Å²) in [5, 5.41) is 6.83. The molecule has 2 aromatic carbocycles. The van der Waals surface area contributed by atoms with Crippen LogP contribution in [0.2, 0.25) is 0 Å². The number of nitrogens with one attached hydrogen (secondary N) is 2. The molecule has 0 atom stereocenters. The van der Waals surface area contributed by atoms with Crippen LogP contribution in [0.15, 0.2) is 48.5 Å². The molecule has 0 spiro atoms. The average Bonchev–Trinajstić information content (AvgIpc) is 2.56. The second kappa shape index (κ2) is 9.32. The number of halogens is 2. The van der Waals surface area contributed by atoms with Gasteiger partial charge in [-0.25, -0.2) is 0 Å². The third-order valence-electron chi connectivity index (χ3n) is 3.68. The van der Waals surface area contributed by atoms with Crippen LogP contribution in [0.4, 0.5) is 14.5 Å². The van der Waals surface area contributed by atoms with Crippen LogP contribution in [0.3, 0.4) is 0 Å². The Morgan fingerprint density at radius 1 is 1.04 bits per heavy atom. The number of alkyl halides is 2. The van der Waals surface area contributed by atoms with Crippen molar-refractivity contribution in [3.8, 4) is 5.75 Å². The first-order chi connectivity index (χ1) is 11.9. The Morgan fingerprint density at radius 3 is 2.24 bits per heavy atom. The van der Waals surface area contributed by atoms with Crippen LogP contribution in [0.5, 0.6) is 5.75 Å². The van der Waals surface area contributed by atoms with Crippen LogP contribution >= 0.6 is 12.2 Å².